The molecule has 0 atom stereocenters. The molecule has 1 heterocycles. The fourth-order valence-corrected chi connectivity index (χ4v) is 2.04. The lowest BCUT2D eigenvalue weighted by atomic mass is 10.2. The maximum atomic E-state index is 5.38. The van der Waals surface area contributed by atoms with Gasteiger partial charge in [-0.1, -0.05) is 6.07 Å². The zero-order valence-corrected chi connectivity index (χ0v) is 13.8. The average Bonchev–Trinajstić information content (AvgIpc) is 2.95. The van der Waals surface area contributed by atoms with Gasteiger partial charge in [-0.05, 0) is 37.8 Å². The molecule has 0 fully saturated rings. The highest BCUT2D eigenvalue weighted by molar-refractivity contribution is 7.99. The second kappa shape index (κ2) is 6.93. The Morgan fingerprint density at radius 2 is 2.05 bits per heavy atom. The van der Waals surface area contributed by atoms with E-state index in [9.17, 15) is 0 Å². The Labute approximate surface area is 130 Å². The molecule has 0 saturated heterocycles. The molecule has 5 nitrogen and oxygen atoms in total. The van der Waals surface area contributed by atoms with Crippen LogP contribution in [-0.2, 0) is 6.54 Å². The molecular formula is C15H23N3O2S. The summed E-state index contributed by atoms with van der Waals surface area (Å²) in [4.78, 5) is 4.24. The van der Waals surface area contributed by atoms with Crippen LogP contribution in [0.15, 0.2) is 23.2 Å². The lowest BCUT2D eigenvalue weighted by molar-refractivity contribution is 0.174. The molecule has 0 bridgehead atoms. The SMILES string of the molecule is CN=C(NCc1ccc2c(c1)OCO2)NCC(C)(C)SC. The van der Waals surface area contributed by atoms with Gasteiger partial charge in [0.1, 0.15) is 0 Å². The average molecular weight is 309 g/mol. The van der Waals surface area contributed by atoms with Crippen LogP contribution < -0.4 is 20.1 Å². The predicted octanol–water partition coefficient (Wildman–Crippen LogP) is 2.22. The first-order valence-corrected chi connectivity index (χ1v) is 8.15. The summed E-state index contributed by atoms with van der Waals surface area (Å²) in [5.74, 6) is 2.42. The van der Waals surface area contributed by atoms with Crippen molar-refractivity contribution in [3.8, 4) is 11.5 Å². The van der Waals surface area contributed by atoms with Crippen molar-refractivity contribution < 1.29 is 9.47 Å². The summed E-state index contributed by atoms with van der Waals surface area (Å²) in [7, 11) is 1.78. The standard InChI is InChI=1S/C15H23N3O2S/c1-15(2,21-4)9-18-14(16-3)17-8-11-5-6-12-13(7-11)20-10-19-12/h5-7H,8-10H2,1-4H3,(H2,16,17,18). The summed E-state index contributed by atoms with van der Waals surface area (Å²) in [5, 5.41) is 6.65. The Bertz CT molecular complexity index is 518. The van der Waals surface area contributed by atoms with Gasteiger partial charge in [-0.15, -0.1) is 0 Å². The van der Waals surface area contributed by atoms with Crippen LogP contribution in [0, 0.1) is 0 Å². The van der Waals surface area contributed by atoms with E-state index >= 15 is 0 Å². The first-order valence-electron chi connectivity index (χ1n) is 6.92. The number of guanidine groups is 1. The Kier molecular flexibility index (Phi) is 5.22. The molecule has 116 valence electrons. The number of benzene rings is 1. The lowest BCUT2D eigenvalue weighted by Gasteiger charge is -2.23. The quantitative estimate of drug-likeness (QED) is 0.645. The highest BCUT2D eigenvalue weighted by Gasteiger charge is 2.16. The molecule has 0 radical (unpaired) electrons. The van der Waals surface area contributed by atoms with Crippen molar-refractivity contribution in [1.82, 2.24) is 10.6 Å². The van der Waals surface area contributed by atoms with Crippen molar-refractivity contribution in [2.45, 2.75) is 25.1 Å². The number of nitrogens with zero attached hydrogens (tertiary/aromatic N) is 1. The van der Waals surface area contributed by atoms with E-state index in [0.29, 0.717) is 13.3 Å². The van der Waals surface area contributed by atoms with E-state index in [1.807, 2.05) is 30.0 Å². The number of fused-ring (bicyclic) bond motifs is 1. The molecule has 0 amide bonds. The smallest absolute Gasteiger partial charge is 0.231 e. The minimum Gasteiger partial charge on any atom is -0.454 e. The predicted molar refractivity (Wildman–Crippen MR) is 88.4 cm³/mol. The Balaban J connectivity index is 1.86. The van der Waals surface area contributed by atoms with Crippen LogP contribution in [0.5, 0.6) is 11.5 Å². The first kappa shape index (κ1) is 15.8. The van der Waals surface area contributed by atoms with Crippen molar-refractivity contribution in [2.75, 3.05) is 26.6 Å². The van der Waals surface area contributed by atoms with Crippen molar-refractivity contribution in [1.29, 1.82) is 0 Å². The molecule has 0 spiro atoms. The summed E-state index contributed by atoms with van der Waals surface area (Å²) in [5.41, 5.74) is 1.13. The highest BCUT2D eigenvalue weighted by Crippen LogP contribution is 2.32. The molecule has 0 saturated carbocycles. The van der Waals surface area contributed by atoms with Crippen LogP contribution in [0.2, 0.25) is 0 Å². The van der Waals surface area contributed by atoms with Crippen LogP contribution in [0.1, 0.15) is 19.4 Å². The second-order valence-electron chi connectivity index (χ2n) is 5.43. The number of aliphatic imine (C=N–C) groups is 1. The van der Waals surface area contributed by atoms with Crippen LogP contribution in [-0.4, -0.2) is 37.3 Å². The fourth-order valence-electron chi connectivity index (χ4n) is 1.83. The number of nitrogens with one attached hydrogen (secondary N) is 2. The van der Waals surface area contributed by atoms with E-state index in [1.54, 1.807) is 7.05 Å². The van der Waals surface area contributed by atoms with E-state index in [4.69, 9.17) is 9.47 Å². The number of rotatable bonds is 5. The Morgan fingerprint density at radius 1 is 1.29 bits per heavy atom. The Hall–Kier alpha value is -1.56. The molecule has 0 aliphatic carbocycles. The molecule has 2 rings (SSSR count). The van der Waals surface area contributed by atoms with Crippen LogP contribution in [0.3, 0.4) is 0 Å². The minimum atomic E-state index is 0.177. The monoisotopic (exact) mass is 309 g/mol. The zero-order chi connectivity index (χ0) is 15.3. The third-order valence-corrected chi connectivity index (χ3v) is 4.60. The van der Waals surface area contributed by atoms with Gasteiger partial charge in [-0.2, -0.15) is 11.8 Å². The molecule has 21 heavy (non-hydrogen) atoms. The highest BCUT2D eigenvalue weighted by atomic mass is 32.2. The molecule has 1 aromatic carbocycles. The number of hydrogen-bond donors (Lipinski definition) is 2. The van der Waals surface area contributed by atoms with E-state index in [1.165, 1.54) is 0 Å². The molecule has 6 heteroatoms. The van der Waals surface area contributed by atoms with E-state index in [0.717, 1.165) is 29.6 Å². The summed E-state index contributed by atoms with van der Waals surface area (Å²) in [6.45, 7) is 6.26. The van der Waals surface area contributed by atoms with Gasteiger partial charge in [-0.25, -0.2) is 0 Å². The third kappa shape index (κ3) is 4.46. The summed E-state index contributed by atoms with van der Waals surface area (Å²) in [6, 6.07) is 5.96. The maximum absolute atomic E-state index is 5.38. The lowest BCUT2D eigenvalue weighted by Crippen LogP contribution is -2.42. The van der Waals surface area contributed by atoms with Gasteiger partial charge in [-0.3, -0.25) is 4.99 Å². The van der Waals surface area contributed by atoms with Gasteiger partial charge in [0.2, 0.25) is 6.79 Å². The Morgan fingerprint density at radius 3 is 2.76 bits per heavy atom. The molecular weight excluding hydrogens is 286 g/mol. The van der Waals surface area contributed by atoms with Gasteiger partial charge < -0.3 is 20.1 Å². The number of ether oxygens (including phenoxy) is 2. The van der Waals surface area contributed by atoms with E-state index < -0.39 is 0 Å². The van der Waals surface area contributed by atoms with E-state index in [-0.39, 0.29) is 4.75 Å². The van der Waals surface area contributed by atoms with Gasteiger partial charge in [0.05, 0.1) is 0 Å². The first-order chi connectivity index (χ1) is 10.0. The molecule has 1 aliphatic rings. The normalized spacial score (nSPS) is 14.2. The third-order valence-electron chi connectivity index (χ3n) is 3.35. The molecule has 1 aliphatic heterocycles. The molecule has 0 unspecified atom stereocenters. The molecule has 0 aromatic heterocycles. The van der Waals surface area contributed by atoms with Gasteiger partial charge >= 0.3 is 0 Å². The van der Waals surface area contributed by atoms with Gasteiger partial charge in [0.15, 0.2) is 17.5 Å². The molecule has 1 aromatic rings. The van der Waals surface area contributed by atoms with Crippen molar-refractivity contribution in [3.05, 3.63) is 23.8 Å². The number of hydrogen-bond acceptors (Lipinski definition) is 4. The summed E-state index contributed by atoms with van der Waals surface area (Å²) < 4.78 is 10.9. The van der Waals surface area contributed by atoms with Gasteiger partial charge in [0.25, 0.3) is 0 Å². The van der Waals surface area contributed by atoms with Crippen molar-refractivity contribution in [3.63, 3.8) is 0 Å². The topological polar surface area (TPSA) is 54.9 Å². The fraction of sp³-hybridized carbons (Fsp3) is 0.533. The summed E-state index contributed by atoms with van der Waals surface area (Å²) in [6.07, 6.45) is 2.12. The van der Waals surface area contributed by atoms with Gasteiger partial charge in [0, 0.05) is 24.9 Å². The minimum absolute atomic E-state index is 0.177. The second-order valence-corrected chi connectivity index (χ2v) is 6.94. The molecule has 2 N–H and O–H groups in total. The number of thioether (sulfide) groups is 1. The largest absolute Gasteiger partial charge is 0.454 e. The summed E-state index contributed by atoms with van der Waals surface area (Å²) >= 11 is 1.83. The van der Waals surface area contributed by atoms with Crippen molar-refractivity contribution >= 4 is 17.7 Å². The zero-order valence-electron chi connectivity index (χ0n) is 13.0. The maximum Gasteiger partial charge on any atom is 0.231 e. The van der Waals surface area contributed by atoms with Crippen LogP contribution >= 0.6 is 11.8 Å². The van der Waals surface area contributed by atoms with Crippen LogP contribution in [0.4, 0.5) is 0 Å². The van der Waals surface area contributed by atoms with Crippen molar-refractivity contribution in [2.24, 2.45) is 4.99 Å². The van der Waals surface area contributed by atoms with Crippen LogP contribution in [0.25, 0.3) is 0 Å². The van der Waals surface area contributed by atoms with E-state index in [2.05, 4.69) is 35.7 Å².